The molecule has 9 heteroatoms. The third-order valence-electron chi connectivity index (χ3n) is 4.68. The fraction of sp³-hybridized carbons (Fsp3) is 0.333. The number of phenolic OH excluding ortho intramolecular Hbond substituents is 1. The van der Waals surface area contributed by atoms with Crippen LogP contribution in [-0.2, 0) is 4.84 Å². The quantitative estimate of drug-likeness (QED) is 0.472. The number of halogens is 2. The van der Waals surface area contributed by atoms with Crippen LogP contribution in [0.25, 0.3) is 0 Å². The number of aromatic hydroxyl groups is 1. The van der Waals surface area contributed by atoms with Gasteiger partial charge in [0, 0.05) is 14.1 Å². The van der Waals surface area contributed by atoms with Gasteiger partial charge in [-0.15, -0.1) is 0 Å². The van der Waals surface area contributed by atoms with Crippen molar-refractivity contribution in [2.75, 3.05) is 26.0 Å². The van der Waals surface area contributed by atoms with Crippen LogP contribution < -0.4 is 10.8 Å². The second kappa shape index (κ2) is 8.66. The van der Waals surface area contributed by atoms with Crippen molar-refractivity contribution in [3.05, 3.63) is 52.6 Å². The van der Waals surface area contributed by atoms with E-state index in [1.54, 1.807) is 13.0 Å². The van der Waals surface area contributed by atoms with E-state index in [2.05, 4.69) is 10.8 Å². The van der Waals surface area contributed by atoms with E-state index in [0.717, 1.165) is 29.4 Å². The van der Waals surface area contributed by atoms with Gasteiger partial charge >= 0.3 is 0 Å². The van der Waals surface area contributed by atoms with E-state index in [-0.39, 0.29) is 17.0 Å². The number of hydroxylamine groups is 1. The van der Waals surface area contributed by atoms with Crippen molar-refractivity contribution in [1.82, 2.24) is 10.4 Å². The number of benzene rings is 2. The van der Waals surface area contributed by atoms with Gasteiger partial charge in [0.25, 0.3) is 11.8 Å². The minimum Gasteiger partial charge on any atom is -0.506 e. The molecule has 0 aromatic heterocycles. The fourth-order valence-corrected chi connectivity index (χ4v) is 2.77. The molecule has 1 saturated carbocycles. The Labute approximate surface area is 172 Å². The molecule has 0 heterocycles. The molecule has 1 fully saturated rings. The number of hydrogen-bond donors (Lipinski definition) is 3. The second-order valence-electron chi connectivity index (χ2n) is 7.51. The zero-order valence-electron chi connectivity index (χ0n) is 16.9. The molecular formula is C21H23F2N3O4. The van der Waals surface area contributed by atoms with E-state index in [1.165, 1.54) is 26.2 Å². The molecule has 0 bridgehead atoms. The van der Waals surface area contributed by atoms with Crippen molar-refractivity contribution in [1.29, 1.82) is 0 Å². The van der Waals surface area contributed by atoms with Crippen LogP contribution >= 0.6 is 0 Å². The molecule has 0 radical (unpaired) electrons. The van der Waals surface area contributed by atoms with Gasteiger partial charge in [-0.2, -0.15) is 0 Å². The van der Waals surface area contributed by atoms with Crippen LogP contribution in [0.5, 0.6) is 5.75 Å². The lowest BCUT2D eigenvalue weighted by Gasteiger charge is -2.18. The van der Waals surface area contributed by atoms with Gasteiger partial charge in [0.05, 0.1) is 29.1 Å². The number of carbonyl (C=O) groups is 2. The Balaban J connectivity index is 2.02. The van der Waals surface area contributed by atoms with Gasteiger partial charge in [-0.3, -0.25) is 14.4 Å². The molecule has 0 spiro atoms. The molecule has 30 heavy (non-hydrogen) atoms. The highest BCUT2D eigenvalue weighted by Gasteiger charge is 2.28. The topological polar surface area (TPSA) is 90.9 Å². The number of rotatable bonds is 7. The van der Waals surface area contributed by atoms with Crippen molar-refractivity contribution in [2.24, 2.45) is 5.92 Å². The summed E-state index contributed by atoms with van der Waals surface area (Å²) in [6, 6.07) is 5.51. The molecular weight excluding hydrogens is 396 g/mol. The van der Waals surface area contributed by atoms with Crippen LogP contribution in [0.1, 0.15) is 39.1 Å². The SMILES string of the molecule is Cc1ccc(Nc2c(C(=O)NOCC3CC3)cc(C(=O)N(C)C)c(F)c2F)c(O)c1. The maximum Gasteiger partial charge on any atom is 0.277 e. The van der Waals surface area contributed by atoms with E-state index >= 15 is 0 Å². The average molecular weight is 419 g/mol. The average Bonchev–Trinajstić information content (AvgIpc) is 3.51. The number of carbonyl (C=O) groups excluding carboxylic acids is 2. The number of hydrogen-bond acceptors (Lipinski definition) is 5. The normalized spacial score (nSPS) is 13.1. The van der Waals surface area contributed by atoms with Gasteiger partial charge in [0.1, 0.15) is 5.75 Å². The van der Waals surface area contributed by atoms with E-state index in [4.69, 9.17) is 4.84 Å². The molecule has 1 aliphatic carbocycles. The first-order chi connectivity index (χ1) is 14.2. The zero-order valence-corrected chi connectivity index (χ0v) is 16.9. The third kappa shape index (κ3) is 4.68. The predicted octanol–water partition coefficient (Wildman–Crippen LogP) is 3.50. The predicted molar refractivity (Wildman–Crippen MR) is 107 cm³/mol. The minimum absolute atomic E-state index is 0.0681. The van der Waals surface area contributed by atoms with E-state index in [1.807, 2.05) is 0 Å². The number of nitrogens with one attached hydrogen (secondary N) is 2. The molecule has 0 unspecified atom stereocenters. The number of amides is 2. The highest BCUT2D eigenvalue weighted by Crippen LogP contribution is 2.33. The fourth-order valence-electron chi connectivity index (χ4n) is 2.77. The lowest BCUT2D eigenvalue weighted by molar-refractivity contribution is 0.0270. The first-order valence-electron chi connectivity index (χ1n) is 9.41. The molecule has 160 valence electrons. The van der Waals surface area contributed by atoms with Crippen molar-refractivity contribution >= 4 is 23.2 Å². The third-order valence-corrected chi connectivity index (χ3v) is 4.68. The lowest BCUT2D eigenvalue weighted by atomic mass is 10.0. The van der Waals surface area contributed by atoms with Gasteiger partial charge in [0.15, 0.2) is 11.6 Å². The molecule has 0 saturated heterocycles. The molecule has 0 aliphatic heterocycles. The summed E-state index contributed by atoms with van der Waals surface area (Å²) in [6.07, 6.45) is 2.00. The van der Waals surface area contributed by atoms with Crippen LogP contribution in [0.2, 0.25) is 0 Å². The first kappa shape index (κ1) is 21.5. The van der Waals surface area contributed by atoms with Crippen molar-refractivity contribution in [2.45, 2.75) is 19.8 Å². The molecule has 1 aliphatic rings. The monoisotopic (exact) mass is 419 g/mol. The van der Waals surface area contributed by atoms with Gasteiger partial charge in [0.2, 0.25) is 0 Å². The highest BCUT2D eigenvalue weighted by atomic mass is 19.2. The maximum absolute atomic E-state index is 15.0. The zero-order chi connectivity index (χ0) is 22.0. The maximum atomic E-state index is 15.0. The Morgan fingerprint density at radius 2 is 1.87 bits per heavy atom. The molecule has 2 amide bonds. The van der Waals surface area contributed by atoms with Gasteiger partial charge in [-0.25, -0.2) is 14.3 Å². The summed E-state index contributed by atoms with van der Waals surface area (Å²) in [5, 5.41) is 12.7. The summed E-state index contributed by atoms with van der Waals surface area (Å²) in [5.41, 5.74) is 1.58. The number of anilines is 2. The summed E-state index contributed by atoms with van der Waals surface area (Å²) in [5.74, 6) is -4.32. The summed E-state index contributed by atoms with van der Waals surface area (Å²) < 4.78 is 29.6. The van der Waals surface area contributed by atoms with Crippen LogP contribution in [-0.4, -0.2) is 42.5 Å². The Hall–Kier alpha value is -3.20. The van der Waals surface area contributed by atoms with Crippen LogP contribution in [0.15, 0.2) is 24.3 Å². The Bertz CT molecular complexity index is 991. The lowest BCUT2D eigenvalue weighted by Crippen LogP contribution is -2.28. The van der Waals surface area contributed by atoms with Crippen molar-refractivity contribution in [3.8, 4) is 5.75 Å². The molecule has 2 aromatic rings. The summed E-state index contributed by atoms with van der Waals surface area (Å²) >= 11 is 0. The minimum atomic E-state index is -1.42. The Kier molecular flexibility index (Phi) is 6.21. The van der Waals surface area contributed by atoms with Gasteiger partial charge < -0.3 is 15.3 Å². The van der Waals surface area contributed by atoms with E-state index < -0.39 is 34.7 Å². The van der Waals surface area contributed by atoms with E-state index in [0.29, 0.717) is 12.5 Å². The molecule has 0 atom stereocenters. The molecule has 7 nitrogen and oxygen atoms in total. The standard InChI is InChI=1S/C21H23F2N3O4/c1-11-4-7-15(16(27)8-11)24-19-14(20(28)25-30-10-12-5-6-12)9-13(17(22)18(19)23)21(29)26(2)3/h4,7-9,12,24,27H,5-6,10H2,1-3H3,(H,25,28). The largest absolute Gasteiger partial charge is 0.506 e. The first-order valence-corrected chi connectivity index (χ1v) is 9.41. The number of phenols is 1. The van der Waals surface area contributed by atoms with Gasteiger partial charge in [-0.05, 0) is 49.4 Å². The molecule has 3 rings (SSSR count). The van der Waals surface area contributed by atoms with Crippen LogP contribution in [0, 0.1) is 24.5 Å². The van der Waals surface area contributed by atoms with Crippen LogP contribution in [0.3, 0.4) is 0 Å². The molecule has 2 aromatic carbocycles. The summed E-state index contributed by atoms with van der Waals surface area (Å²) in [6.45, 7) is 2.06. The summed E-state index contributed by atoms with van der Waals surface area (Å²) in [4.78, 5) is 31.1. The van der Waals surface area contributed by atoms with Crippen molar-refractivity contribution in [3.63, 3.8) is 0 Å². The smallest absolute Gasteiger partial charge is 0.277 e. The number of aryl methyl sites for hydroxylation is 1. The Morgan fingerprint density at radius 3 is 2.47 bits per heavy atom. The van der Waals surface area contributed by atoms with Crippen molar-refractivity contribution < 1.29 is 28.3 Å². The van der Waals surface area contributed by atoms with Gasteiger partial charge in [-0.1, -0.05) is 6.07 Å². The number of nitrogens with zero attached hydrogens (tertiary/aromatic N) is 1. The summed E-state index contributed by atoms with van der Waals surface area (Å²) in [7, 11) is 2.77. The highest BCUT2D eigenvalue weighted by molar-refractivity contribution is 6.04. The Morgan fingerprint density at radius 1 is 1.17 bits per heavy atom. The second-order valence-corrected chi connectivity index (χ2v) is 7.51. The van der Waals surface area contributed by atoms with E-state index in [9.17, 15) is 23.5 Å². The van der Waals surface area contributed by atoms with Crippen LogP contribution in [0.4, 0.5) is 20.2 Å². The molecule has 3 N–H and O–H groups in total.